The summed E-state index contributed by atoms with van der Waals surface area (Å²) in [6.07, 6.45) is 0.389. The van der Waals surface area contributed by atoms with Gasteiger partial charge < -0.3 is 20.6 Å². The van der Waals surface area contributed by atoms with Gasteiger partial charge in [0.1, 0.15) is 5.75 Å². The molecule has 2 rings (SSSR count). The number of piperazine rings is 1. The van der Waals surface area contributed by atoms with Gasteiger partial charge in [0.15, 0.2) is 0 Å². The summed E-state index contributed by atoms with van der Waals surface area (Å²) in [5.74, 6) is -0.0979. The molecule has 1 fully saturated rings. The number of hydrogen-bond acceptors (Lipinski definition) is 4. The molecular weight excluding hydrogens is 258 g/mol. The summed E-state index contributed by atoms with van der Waals surface area (Å²) in [6.45, 7) is 1.15. The van der Waals surface area contributed by atoms with Crippen LogP contribution in [0, 0.1) is 0 Å². The van der Waals surface area contributed by atoms with Crippen molar-refractivity contribution in [1.82, 2.24) is 9.80 Å². The van der Waals surface area contributed by atoms with E-state index in [2.05, 4.69) is 0 Å². The number of phenolic OH excluding ortho intramolecular Hbond substituents is 1. The number of carbonyl (C=O) groups excluding carboxylic acids is 2. The van der Waals surface area contributed by atoms with Crippen molar-refractivity contribution in [1.29, 1.82) is 0 Å². The molecule has 6 heteroatoms. The van der Waals surface area contributed by atoms with Crippen LogP contribution in [0.4, 0.5) is 0 Å². The van der Waals surface area contributed by atoms with Crippen molar-refractivity contribution in [2.45, 2.75) is 12.5 Å². The van der Waals surface area contributed by atoms with E-state index in [1.165, 1.54) is 4.90 Å². The highest BCUT2D eigenvalue weighted by molar-refractivity contribution is 5.88. The van der Waals surface area contributed by atoms with Crippen LogP contribution in [0.3, 0.4) is 0 Å². The monoisotopic (exact) mass is 277 g/mol. The quantitative estimate of drug-likeness (QED) is 0.784. The Morgan fingerprint density at radius 1 is 1.35 bits per heavy atom. The predicted molar refractivity (Wildman–Crippen MR) is 74.0 cm³/mol. The third kappa shape index (κ3) is 3.27. The van der Waals surface area contributed by atoms with Gasteiger partial charge in [-0.25, -0.2) is 0 Å². The number of phenols is 1. The summed E-state index contributed by atoms with van der Waals surface area (Å²) < 4.78 is 0. The lowest BCUT2D eigenvalue weighted by molar-refractivity contribution is -0.144. The Bertz CT molecular complexity index is 501. The molecule has 1 atom stereocenters. The first-order chi connectivity index (χ1) is 9.47. The third-order valence-electron chi connectivity index (χ3n) is 3.48. The average molecular weight is 277 g/mol. The van der Waals surface area contributed by atoms with Crippen molar-refractivity contribution >= 4 is 11.8 Å². The molecule has 3 N–H and O–H groups in total. The number of carbonyl (C=O) groups is 2. The summed E-state index contributed by atoms with van der Waals surface area (Å²) in [6, 6.07) is 5.92. The Kier molecular flexibility index (Phi) is 4.24. The minimum Gasteiger partial charge on any atom is -0.508 e. The van der Waals surface area contributed by atoms with Crippen molar-refractivity contribution in [3.8, 4) is 5.75 Å². The Morgan fingerprint density at radius 2 is 2.00 bits per heavy atom. The van der Waals surface area contributed by atoms with Gasteiger partial charge in [0.05, 0.1) is 12.6 Å². The van der Waals surface area contributed by atoms with E-state index < -0.39 is 6.04 Å². The van der Waals surface area contributed by atoms with Crippen molar-refractivity contribution in [2.24, 2.45) is 5.73 Å². The van der Waals surface area contributed by atoms with Gasteiger partial charge in [0.2, 0.25) is 11.8 Å². The van der Waals surface area contributed by atoms with E-state index in [0.29, 0.717) is 19.5 Å². The fourth-order valence-corrected chi connectivity index (χ4v) is 2.15. The van der Waals surface area contributed by atoms with E-state index in [0.717, 1.165) is 5.56 Å². The number of rotatable bonds is 3. The van der Waals surface area contributed by atoms with Crippen LogP contribution in [0.5, 0.6) is 5.75 Å². The first kappa shape index (κ1) is 14.3. The molecule has 108 valence electrons. The molecule has 0 unspecified atom stereocenters. The van der Waals surface area contributed by atoms with Crippen molar-refractivity contribution in [3.05, 3.63) is 29.8 Å². The van der Waals surface area contributed by atoms with Crippen LogP contribution in [0.15, 0.2) is 24.3 Å². The predicted octanol–water partition coefficient (Wildman–Crippen LogP) is -0.437. The molecule has 0 saturated carbocycles. The third-order valence-corrected chi connectivity index (χ3v) is 3.48. The average Bonchev–Trinajstić information content (AvgIpc) is 2.43. The minimum absolute atomic E-state index is 0.0681. The largest absolute Gasteiger partial charge is 0.508 e. The zero-order valence-electron chi connectivity index (χ0n) is 11.5. The molecule has 0 radical (unpaired) electrons. The first-order valence-electron chi connectivity index (χ1n) is 6.53. The van der Waals surface area contributed by atoms with Crippen LogP contribution in [0.2, 0.25) is 0 Å². The SMILES string of the molecule is CN1CCN(C(=O)[C@@H](N)Cc2ccc(O)cc2)CC1=O. The fraction of sp³-hybridized carbons (Fsp3) is 0.429. The minimum atomic E-state index is -0.671. The topological polar surface area (TPSA) is 86.9 Å². The van der Waals surface area contributed by atoms with Crippen LogP contribution in [0.1, 0.15) is 5.56 Å². The van der Waals surface area contributed by atoms with Gasteiger partial charge in [-0.3, -0.25) is 9.59 Å². The molecule has 1 aromatic rings. The normalized spacial score (nSPS) is 17.2. The number of nitrogens with zero attached hydrogens (tertiary/aromatic N) is 2. The van der Waals surface area contributed by atoms with E-state index in [9.17, 15) is 14.7 Å². The van der Waals surface area contributed by atoms with Gasteiger partial charge in [0.25, 0.3) is 0 Å². The maximum Gasteiger partial charge on any atom is 0.241 e. The van der Waals surface area contributed by atoms with E-state index in [-0.39, 0.29) is 24.1 Å². The molecule has 6 nitrogen and oxygen atoms in total. The van der Waals surface area contributed by atoms with Crippen LogP contribution in [-0.2, 0) is 16.0 Å². The van der Waals surface area contributed by atoms with Crippen LogP contribution in [-0.4, -0.2) is 59.4 Å². The number of benzene rings is 1. The standard InChI is InChI=1S/C14H19N3O3/c1-16-6-7-17(9-13(16)19)14(20)12(15)8-10-2-4-11(18)5-3-10/h2-5,12,18H,6-9,15H2,1H3/t12-/m0/s1. The smallest absolute Gasteiger partial charge is 0.241 e. The highest BCUT2D eigenvalue weighted by Crippen LogP contribution is 2.12. The molecule has 1 aliphatic rings. The highest BCUT2D eigenvalue weighted by atomic mass is 16.3. The summed E-state index contributed by atoms with van der Waals surface area (Å²) in [5.41, 5.74) is 6.80. The summed E-state index contributed by atoms with van der Waals surface area (Å²) >= 11 is 0. The van der Waals surface area contributed by atoms with Crippen LogP contribution < -0.4 is 5.73 Å². The molecule has 1 saturated heterocycles. The van der Waals surface area contributed by atoms with Crippen LogP contribution >= 0.6 is 0 Å². The molecule has 0 bridgehead atoms. The van der Waals surface area contributed by atoms with Crippen molar-refractivity contribution in [2.75, 3.05) is 26.7 Å². The van der Waals surface area contributed by atoms with Gasteiger partial charge in [-0.05, 0) is 24.1 Å². The summed E-state index contributed by atoms with van der Waals surface area (Å²) in [4.78, 5) is 26.9. The number of nitrogens with two attached hydrogens (primary N) is 1. The van der Waals surface area contributed by atoms with Crippen LogP contribution in [0.25, 0.3) is 0 Å². The second kappa shape index (κ2) is 5.92. The van der Waals surface area contributed by atoms with Gasteiger partial charge >= 0.3 is 0 Å². The van der Waals surface area contributed by atoms with Gasteiger partial charge in [-0.2, -0.15) is 0 Å². The van der Waals surface area contributed by atoms with Crippen molar-refractivity contribution in [3.63, 3.8) is 0 Å². The lowest BCUT2D eigenvalue weighted by atomic mass is 10.0. The van der Waals surface area contributed by atoms with Gasteiger partial charge in [0, 0.05) is 20.1 Å². The fourth-order valence-electron chi connectivity index (χ4n) is 2.15. The van der Waals surface area contributed by atoms with E-state index >= 15 is 0 Å². The molecule has 0 aliphatic carbocycles. The zero-order valence-corrected chi connectivity index (χ0v) is 11.5. The molecule has 0 aromatic heterocycles. The molecule has 1 aromatic carbocycles. The second-order valence-corrected chi connectivity index (χ2v) is 5.05. The number of likely N-dealkylation sites (N-methyl/N-ethyl adjacent to an activating group) is 1. The summed E-state index contributed by atoms with van der Waals surface area (Å²) in [7, 11) is 1.72. The van der Waals surface area contributed by atoms with Gasteiger partial charge in [-0.1, -0.05) is 12.1 Å². The Morgan fingerprint density at radius 3 is 2.60 bits per heavy atom. The highest BCUT2D eigenvalue weighted by Gasteiger charge is 2.28. The van der Waals surface area contributed by atoms with Gasteiger partial charge in [-0.15, -0.1) is 0 Å². The maximum atomic E-state index is 12.2. The molecule has 1 heterocycles. The molecular formula is C14H19N3O3. The number of aromatic hydroxyl groups is 1. The number of amides is 2. The Hall–Kier alpha value is -2.08. The molecule has 1 aliphatic heterocycles. The van der Waals surface area contributed by atoms with E-state index in [4.69, 9.17) is 5.73 Å². The molecule has 20 heavy (non-hydrogen) atoms. The molecule has 0 spiro atoms. The lowest BCUT2D eigenvalue weighted by Gasteiger charge is -2.33. The van der Waals surface area contributed by atoms with E-state index in [1.54, 1.807) is 36.2 Å². The maximum absolute atomic E-state index is 12.2. The first-order valence-corrected chi connectivity index (χ1v) is 6.53. The van der Waals surface area contributed by atoms with E-state index in [1.807, 2.05) is 0 Å². The lowest BCUT2D eigenvalue weighted by Crippen LogP contribution is -2.55. The Labute approximate surface area is 117 Å². The second-order valence-electron chi connectivity index (χ2n) is 5.05. The van der Waals surface area contributed by atoms with Crippen molar-refractivity contribution < 1.29 is 14.7 Å². The molecule has 2 amide bonds. The number of hydrogen-bond donors (Lipinski definition) is 2. The Balaban J connectivity index is 1.95. The summed E-state index contributed by atoms with van der Waals surface area (Å²) in [5, 5.41) is 9.21. The zero-order chi connectivity index (χ0) is 14.7.